The van der Waals surface area contributed by atoms with Gasteiger partial charge in [0.1, 0.15) is 0 Å². The zero-order valence-corrected chi connectivity index (χ0v) is 28.2. The largest absolute Gasteiger partial charge is 0.379 e. The summed E-state index contributed by atoms with van der Waals surface area (Å²) in [5.74, 6) is 6.56. The molecule has 0 aliphatic carbocycles. The number of carbonyl (C=O) groups is 1. The Morgan fingerprint density at radius 3 is 2.66 bits per heavy atom. The van der Waals surface area contributed by atoms with Gasteiger partial charge in [0.25, 0.3) is 0 Å². The van der Waals surface area contributed by atoms with Crippen LogP contribution in [0, 0.1) is 11.8 Å². The third-order valence-corrected chi connectivity index (χ3v) is 9.58. The predicted molar refractivity (Wildman–Crippen MR) is 187 cm³/mol. The van der Waals surface area contributed by atoms with Gasteiger partial charge in [-0.25, -0.2) is 4.79 Å². The lowest BCUT2D eigenvalue weighted by Crippen LogP contribution is -2.44. The number of aryl methyl sites for hydroxylation is 1. The van der Waals surface area contributed by atoms with Crippen LogP contribution in [-0.4, -0.2) is 64.5 Å². The molecular weight excluding hydrogens is 631 g/mol. The summed E-state index contributed by atoms with van der Waals surface area (Å²) in [7, 11) is 0. The summed E-state index contributed by atoms with van der Waals surface area (Å²) in [4.78, 5) is 16.3. The number of benzene rings is 3. The predicted octanol–water partition coefficient (Wildman–Crippen LogP) is 6.09. The molecule has 0 spiro atoms. The summed E-state index contributed by atoms with van der Waals surface area (Å²) in [6, 6.07) is 21.9. The fraction of sp³-hybridized carbons (Fsp3) is 0.351. The second-order valence-electron chi connectivity index (χ2n) is 12.2. The lowest BCUT2D eigenvalue weighted by molar-refractivity contribution is -0.00122. The van der Waals surface area contributed by atoms with Crippen LogP contribution in [0.4, 0.5) is 4.79 Å². The summed E-state index contributed by atoms with van der Waals surface area (Å²) in [6.07, 6.45) is 1.68. The summed E-state index contributed by atoms with van der Waals surface area (Å²) in [6.45, 7) is 8.88. The van der Waals surface area contributed by atoms with E-state index in [1.54, 1.807) is 4.90 Å². The van der Waals surface area contributed by atoms with Crippen molar-refractivity contribution in [1.82, 2.24) is 24.9 Å². The number of amides is 2. The highest BCUT2D eigenvalue weighted by molar-refractivity contribution is 6.32. The molecule has 2 aliphatic rings. The van der Waals surface area contributed by atoms with Crippen LogP contribution in [0.3, 0.4) is 0 Å². The van der Waals surface area contributed by atoms with Gasteiger partial charge in [-0.1, -0.05) is 71.4 Å². The Hall–Kier alpha value is -3.84. The number of hydrogen-bond acceptors (Lipinski definition) is 5. The minimum Gasteiger partial charge on any atom is -0.379 e. The summed E-state index contributed by atoms with van der Waals surface area (Å²) in [5.41, 5.74) is 13.4. The number of urea groups is 1. The number of morpholine rings is 1. The molecule has 3 aromatic carbocycles. The monoisotopic (exact) mass is 670 g/mol. The van der Waals surface area contributed by atoms with E-state index in [4.69, 9.17) is 38.8 Å². The number of primary amides is 1. The Balaban J connectivity index is 1.22. The smallest absolute Gasteiger partial charge is 0.315 e. The molecule has 2 amide bonds. The van der Waals surface area contributed by atoms with Crippen molar-refractivity contribution in [3.8, 4) is 23.1 Å². The van der Waals surface area contributed by atoms with E-state index < -0.39 is 6.03 Å². The van der Waals surface area contributed by atoms with Gasteiger partial charge >= 0.3 is 6.03 Å². The molecule has 2 aliphatic heterocycles. The minimum atomic E-state index is -0.420. The Bertz CT molecular complexity index is 1780. The topological polar surface area (TPSA) is 88.7 Å². The van der Waals surface area contributed by atoms with Crippen LogP contribution in [0.5, 0.6) is 0 Å². The summed E-state index contributed by atoms with van der Waals surface area (Å²) >= 11 is 13.2. The fourth-order valence-corrected chi connectivity index (χ4v) is 6.60. The van der Waals surface area contributed by atoms with Gasteiger partial charge in [0, 0.05) is 84.7 Å². The molecule has 1 saturated heterocycles. The average Bonchev–Trinajstić information content (AvgIpc) is 3.44. The molecule has 1 unspecified atom stereocenters. The summed E-state index contributed by atoms with van der Waals surface area (Å²) in [5, 5.41) is 9.82. The first-order valence-electron chi connectivity index (χ1n) is 16.2. The van der Waals surface area contributed by atoms with Gasteiger partial charge in [-0.2, -0.15) is 5.10 Å². The van der Waals surface area contributed by atoms with E-state index in [-0.39, 0.29) is 0 Å². The number of ether oxygens (including phenoxy) is 1. The standard InChI is InChI=1S/C37H40Cl2N6O2/c1-26-25-47-19-18-43(26)15-5-16-45-35-14-17-44(37(40)46)24-32(35)36(42-45)30-11-13-33(38)29(21-30)10-8-27-9-12-34(39)31(20-27)23-41-22-28-6-3-2-4-7-28/h2-4,6-7,9,11-13,20-21,26,41H,5,14-19,22-25H2,1H3,(H2,40,46). The molecule has 6 rings (SSSR count). The fourth-order valence-electron chi connectivity index (χ4n) is 6.25. The Morgan fingerprint density at radius 2 is 1.85 bits per heavy atom. The molecule has 1 atom stereocenters. The number of halogens is 2. The minimum absolute atomic E-state index is 0.416. The van der Waals surface area contributed by atoms with Crippen LogP contribution >= 0.6 is 23.2 Å². The van der Waals surface area contributed by atoms with Crippen LogP contribution in [0.15, 0.2) is 66.7 Å². The Kier molecular flexibility index (Phi) is 10.8. The maximum atomic E-state index is 12.1. The second-order valence-corrected chi connectivity index (χ2v) is 13.0. The first-order valence-corrected chi connectivity index (χ1v) is 16.9. The van der Waals surface area contributed by atoms with Crippen molar-refractivity contribution in [3.63, 3.8) is 0 Å². The molecule has 3 N–H and O–H groups in total. The SMILES string of the molecule is CC1COCCN1CCCn1nc(-c2ccc(Cl)c(C#Cc3ccc(Cl)c(CNCc4ccccc4)c3)c2)c2c1CCN(C(N)=O)C2. The molecule has 0 bridgehead atoms. The number of nitrogens with two attached hydrogens (primary N) is 1. The quantitative estimate of drug-likeness (QED) is 0.210. The number of rotatable bonds is 9. The van der Waals surface area contributed by atoms with Gasteiger partial charge in [-0.05, 0) is 54.8 Å². The maximum absolute atomic E-state index is 12.1. The molecular formula is C37H40Cl2N6O2. The molecule has 3 heterocycles. The zero-order chi connectivity index (χ0) is 32.8. The van der Waals surface area contributed by atoms with Crippen molar-refractivity contribution < 1.29 is 9.53 Å². The van der Waals surface area contributed by atoms with Gasteiger partial charge in [-0.3, -0.25) is 9.58 Å². The molecule has 47 heavy (non-hydrogen) atoms. The van der Waals surface area contributed by atoms with Crippen molar-refractivity contribution in [3.05, 3.63) is 110 Å². The first kappa shape index (κ1) is 33.1. The van der Waals surface area contributed by atoms with Gasteiger partial charge in [-0.15, -0.1) is 0 Å². The first-order chi connectivity index (χ1) is 22.9. The van der Waals surface area contributed by atoms with E-state index in [9.17, 15) is 4.79 Å². The third-order valence-electron chi connectivity index (χ3n) is 8.88. The maximum Gasteiger partial charge on any atom is 0.315 e. The van der Waals surface area contributed by atoms with E-state index in [1.165, 1.54) is 5.56 Å². The van der Waals surface area contributed by atoms with Gasteiger partial charge in [0.2, 0.25) is 0 Å². The highest BCUT2D eigenvalue weighted by Gasteiger charge is 2.27. The van der Waals surface area contributed by atoms with Crippen LogP contribution < -0.4 is 11.1 Å². The molecule has 244 valence electrons. The van der Waals surface area contributed by atoms with Crippen LogP contribution in [0.2, 0.25) is 10.0 Å². The molecule has 8 nitrogen and oxygen atoms in total. The van der Waals surface area contributed by atoms with Crippen LogP contribution in [0.25, 0.3) is 11.3 Å². The zero-order valence-electron chi connectivity index (χ0n) is 26.6. The van der Waals surface area contributed by atoms with Crippen LogP contribution in [0.1, 0.15) is 46.9 Å². The normalized spacial score (nSPS) is 16.4. The number of hydrogen-bond donors (Lipinski definition) is 2. The van der Waals surface area contributed by atoms with Crippen molar-refractivity contribution in [2.24, 2.45) is 5.73 Å². The number of carbonyl (C=O) groups excluding carboxylic acids is 1. The summed E-state index contributed by atoms with van der Waals surface area (Å²) < 4.78 is 7.72. The second kappa shape index (κ2) is 15.4. The van der Waals surface area contributed by atoms with E-state index in [0.29, 0.717) is 47.7 Å². The van der Waals surface area contributed by atoms with Gasteiger partial charge in [0.15, 0.2) is 0 Å². The third kappa shape index (κ3) is 8.18. The average molecular weight is 672 g/mol. The Labute approximate surface area is 286 Å². The van der Waals surface area contributed by atoms with E-state index in [0.717, 1.165) is 79.5 Å². The lowest BCUT2D eigenvalue weighted by Gasteiger charge is -2.33. The van der Waals surface area contributed by atoms with Crippen molar-refractivity contribution in [2.75, 3.05) is 32.8 Å². The molecule has 0 radical (unpaired) electrons. The Morgan fingerprint density at radius 1 is 1.02 bits per heavy atom. The molecule has 4 aromatic rings. The van der Waals surface area contributed by atoms with Gasteiger partial charge < -0.3 is 20.7 Å². The molecule has 1 aromatic heterocycles. The van der Waals surface area contributed by atoms with Crippen LogP contribution in [-0.2, 0) is 37.3 Å². The molecule has 0 saturated carbocycles. The van der Waals surface area contributed by atoms with Crippen molar-refractivity contribution >= 4 is 29.2 Å². The highest BCUT2D eigenvalue weighted by atomic mass is 35.5. The molecule has 1 fully saturated rings. The lowest BCUT2D eigenvalue weighted by atomic mass is 9.99. The highest BCUT2D eigenvalue weighted by Crippen LogP contribution is 2.32. The number of nitrogens with zero attached hydrogens (tertiary/aromatic N) is 4. The van der Waals surface area contributed by atoms with E-state index >= 15 is 0 Å². The van der Waals surface area contributed by atoms with Crippen molar-refractivity contribution in [1.29, 1.82) is 0 Å². The van der Waals surface area contributed by atoms with E-state index in [1.807, 2.05) is 54.6 Å². The molecule has 10 heteroatoms. The number of nitrogens with one attached hydrogen (secondary N) is 1. The van der Waals surface area contributed by atoms with E-state index in [2.05, 4.69) is 45.8 Å². The number of fused-ring (bicyclic) bond motifs is 1. The van der Waals surface area contributed by atoms with Crippen molar-refractivity contribution in [2.45, 2.75) is 52.0 Å². The van der Waals surface area contributed by atoms with Gasteiger partial charge in [0.05, 0.1) is 30.5 Å². The number of aromatic nitrogens is 2.